The van der Waals surface area contributed by atoms with Crippen LogP contribution in [0.15, 0.2) is 12.7 Å². The Morgan fingerprint density at radius 1 is 1.17 bits per heavy atom. The standard InChI is InChI=1S/C7H14N4Si/c1-11(12(2,3)4)7-9-5-8-6-10-7/h5-6H,1-4H3. The van der Waals surface area contributed by atoms with Crippen LogP contribution in [0.3, 0.4) is 0 Å². The van der Waals surface area contributed by atoms with Crippen molar-refractivity contribution >= 4 is 14.2 Å². The highest BCUT2D eigenvalue weighted by Gasteiger charge is 2.21. The number of rotatable bonds is 2. The van der Waals surface area contributed by atoms with Crippen LogP contribution < -0.4 is 4.57 Å². The molecule has 0 spiro atoms. The Hall–Kier alpha value is -0.973. The third-order valence-electron chi connectivity index (χ3n) is 1.79. The Balaban J connectivity index is 2.86. The molecule has 66 valence electrons. The molecule has 0 N–H and O–H groups in total. The van der Waals surface area contributed by atoms with Crippen molar-refractivity contribution in [1.29, 1.82) is 0 Å². The summed E-state index contributed by atoms with van der Waals surface area (Å²) in [6.07, 6.45) is 3.05. The van der Waals surface area contributed by atoms with Crippen LogP contribution in [0, 0.1) is 0 Å². The van der Waals surface area contributed by atoms with Crippen LogP contribution in [0.2, 0.25) is 19.6 Å². The first-order chi connectivity index (χ1) is 5.52. The van der Waals surface area contributed by atoms with E-state index in [1.807, 2.05) is 7.05 Å². The van der Waals surface area contributed by atoms with E-state index in [9.17, 15) is 0 Å². The number of hydrogen-bond acceptors (Lipinski definition) is 4. The minimum atomic E-state index is -1.32. The smallest absolute Gasteiger partial charge is 0.219 e. The average Bonchev–Trinajstić information content (AvgIpc) is 2.03. The van der Waals surface area contributed by atoms with Gasteiger partial charge in [-0.1, -0.05) is 19.6 Å². The Bertz CT molecular complexity index is 243. The molecule has 0 unspecified atom stereocenters. The van der Waals surface area contributed by atoms with E-state index in [0.29, 0.717) is 0 Å². The summed E-state index contributed by atoms with van der Waals surface area (Å²) in [4.78, 5) is 11.9. The lowest BCUT2D eigenvalue weighted by atomic mass is 10.9. The second-order valence-electron chi connectivity index (χ2n) is 3.67. The van der Waals surface area contributed by atoms with Gasteiger partial charge in [0.2, 0.25) is 5.95 Å². The minimum Gasteiger partial charge on any atom is -0.371 e. The molecule has 0 radical (unpaired) electrons. The molecular formula is C7H14N4Si. The van der Waals surface area contributed by atoms with Gasteiger partial charge in [0.15, 0.2) is 8.24 Å². The predicted octanol–water partition coefficient (Wildman–Crippen LogP) is 1.14. The molecule has 4 nitrogen and oxygen atoms in total. The molecule has 0 aromatic carbocycles. The SMILES string of the molecule is CN(c1ncncn1)[Si](C)(C)C. The van der Waals surface area contributed by atoms with Crippen molar-refractivity contribution in [1.82, 2.24) is 15.0 Å². The van der Waals surface area contributed by atoms with Gasteiger partial charge in [0.05, 0.1) is 0 Å². The lowest BCUT2D eigenvalue weighted by Gasteiger charge is -2.29. The molecule has 12 heavy (non-hydrogen) atoms. The van der Waals surface area contributed by atoms with Gasteiger partial charge in [-0.05, 0) is 0 Å². The lowest BCUT2D eigenvalue weighted by Crippen LogP contribution is -2.44. The third-order valence-corrected chi connectivity index (χ3v) is 4.00. The van der Waals surface area contributed by atoms with E-state index < -0.39 is 8.24 Å². The van der Waals surface area contributed by atoms with E-state index >= 15 is 0 Å². The fraction of sp³-hybridized carbons (Fsp3) is 0.571. The predicted molar refractivity (Wildman–Crippen MR) is 51.6 cm³/mol. The van der Waals surface area contributed by atoms with Crippen molar-refractivity contribution in [3.63, 3.8) is 0 Å². The highest BCUT2D eigenvalue weighted by molar-refractivity contribution is 6.79. The van der Waals surface area contributed by atoms with Crippen LogP contribution in [0.4, 0.5) is 5.95 Å². The van der Waals surface area contributed by atoms with E-state index in [1.165, 1.54) is 12.7 Å². The summed E-state index contributed by atoms with van der Waals surface area (Å²) in [6, 6.07) is 0. The zero-order valence-corrected chi connectivity index (χ0v) is 8.94. The number of hydrogen-bond donors (Lipinski definition) is 0. The van der Waals surface area contributed by atoms with Crippen molar-refractivity contribution < 1.29 is 0 Å². The van der Waals surface area contributed by atoms with E-state index in [2.05, 4.69) is 39.2 Å². The van der Waals surface area contributed by atoms with Crippen LogP contribution in [-0.2, 0) is 0 Å². The van der Waals surface area contributed by atoms with Gasteiger partial charge in [-0.15, -0.1) is 0 Å². The van der Waals surface area contributed by atoms with Crippen molar-refractivity contribution in [3.8, 4) is 0 Å². The summed E-state index contributed by atoms with van der Waals surface area (Å²) in [5.41, 5.74) is 0. The molecule has 0 amide bonds. The van der Waals surface area contributed by atoms with Gasteiger partial charge in [0.25, 0.3) is 0 Å². The summed E-state index contributed by atoms with van der Waals surface area (Å²) < 4.78 is 2.15. The molecular weight excluding hydrogens is 168 g/mol. The summed E-state index contributed by atoms with van der Waals surface area (Å²) in [5, 5.41) is 0. The molecule has 1 rings (SSSR count). The highest BCUT2D eigenvalue weighted by atomic mass is 28.3. The molecule has 0 aliphatic heterocycles. The Labute approximate surface area is 73.8 Å². The molecule has 1 aromatic rings. The quantitative estimate of drug-likeness (QED) is 0.643. The van der Waals surface area contributed by atoms with Crippen LogP contribution in [0.1, 0.15) is 0 Å². The topological polar surface area (TPSA) is 41.9 Å². The maximum atomic E-state index is 4.08. The maximum absolute atomic E-state index is 4.08. The molecule has 0 bridgehead atoms. The normalized spacial score (nSPS) is 11.3. The van der Waals surface area contributed by atoms with Crippen molar-refractivity contribution in [3.05, 3.63) is 12.7 Å². The molecule has 0 aliphatic carbocycles. The van der Waals surface area contributed by atoms with Gasteiger partial charge in [-0.3, -0.25) is 0 Å². The van der Waals surface area contributed by atoms with Gasteiger partial charge in [-0.25, -0.2) is 15.0 Å². The van der Waals surface area contributed by atoms with Crippen molar-refractivity contribution in [2.75, 3.05) is 11.6 Å². The van der Waals surface area contributed by atoms with Crippen LogP contribution >= 0.6 is 0 Å². The molecule has 5 heteroatoms. The molecule has 0 fully saturated rings. The van der Waals surface area contributed by atoms with E-state index in [0.717, 1.165) is 5.95 Å². The first-order valence-corrected chi connectivity index (χ1v) is 7.32. The van der Waals surface area contributed by atoms with Crippen molar-refractivity contribution in [2.45, 2.75) is 19.6 Å². The molecule has 0 saturated heterocycles. The molecule has 0 saturated carbocycles. The molecule has 1 aromatic heterocycles. The Morgan fingerprint density at radius 2 is 1.67 bits per heavy atom. The largest absolute Gasteiger partial charge is 0.371 e. The maximum Gasteiger partial charge on any atom is 0.219 e. The van der Waals surface area contributed by atoms with Crippen LogP contribution in [0.5, 0.6) is 0 Å². The number of nitrogens with zero attached hydrogens (tertiary/aromatic N) is 4. The average molecular weight is 182 g/mol. The minimum absolute atomic E-state index is 0.768. The lowest BCUT2D eigenvalue weighted by molar-refractivity contribution is 0.997. The van der Waals surface area contributed by atoms with E-state index in [4.69, 9.17) is 0 Å². The van der Waals surface area contributed by atoms with Gasteiger partial charge in [0, 0.05) is 7.05 Å². The molecule has 0 atom stereocenters. The summed E-state index contributed by atoms with van der Waals surface area (Å²) >= 11 is 0. The highest BCUT2D eigenvalue weighted by Crippen LogP contribution is 2.12. The van der Waals surface area contributed by atoms with Gasteiger partial charge < -0.3 is 4.57 Å². The number of anilines is 1. The Kier molecular flexibility index (Phi) is 2.42. The molecule has 1 heterocycles. The second kappa shape index (κ2) is 3.18. The number of aromatic nitrogens is 3. The zero-order valence-electron chi connectivity index (χ0n) is 7.94. The van der Waals surface area contributed by atoms with Crippen LogP contribution in [-0.4, -0.2) is 30.2 Å². The fourth-order valence-electron chi connectivity index (χ4n) is 0.706. The van der Waals surface area contributed by atoms with Crippen LogP contribution in [0.25, 0.3) is 0 Å². The summed E-state index contributed by atoms with van der Waals surface area (Å²) in [7, 11) is 0.708. The van der Waals surface area contributed by atoms with Gasteiger partial charge >= 0.3 is 0 Å². The van der Waals surface area contributed by atoms with E-state index in [-0.39, 0.29) is 0 Å². The van der Waals surface area contributed by atoms with E-state index in [1.54, 1.807) is 0 Å². The van der Waals surface area contributed by atoms with Gasteiger partial charge in [-0.2, -0.15) is 0 Å². The zero-order chi connectivity index (χ0) is 9.19. The Morgan fingerprint density at radius 3 is 2.08 bits per heavy atom. The van der Waals surface area contributed by atoms with Crippen molar-refractivity contribution in [2.24, 2.45) is 0 Å². The first-order valence-electron chi connectivity index (χ1n) is 3.87. The van der Waals surface area contributed by atoms with Gasteiger partial charge in [0.1, 0.15) is 12.7 Å². The summed E-state index contributed by atoms with van der Waals surface area (Å²) in [5.74, 6) is 0.768. The second-order valence-corrected chi connectivity index (χ2v) is 8.68. The first kappa shape index (κ1) is 9.12. The summed E-state index contributed by atoms with van der Waals surface area (Å²) in [6.45, 7) is 6.74. The fourth-order valence-corrected chi connectivity index (χ4v) is 1.42. The monoisotopic (exact) mass is 182 g/mol. The molecule has 0 aliphatic rings. The third kappa shape index (κ3) is 2.01.